The molecule has 0 aliphatic carbocycles. The second-order valence-corrected chi connectivity index (χ2v) is 7.21. The average molecular weight is 390 g/mol. The third-order valence-corrected chi connectivity index (χ3v) is 4.92. The van der Waals surface area contributed by atoms with E-state index in [-0.39, 0.29) is 5.69 Å². The van der Waals surface area contributed by atoms with Crippen LogP contribution in [0.3, 0.4) is 0 Å². The zero-order valence-electron chi connectivity index (χ0n) is 15.9. The van der Waals surface area contributed by atoms with E-state index in [4.69, 9.17) is 4.74 Å². The number of amides is 1. The number of β-amino-alcohol motifs (C(OH)–C–C–N with tert-alkyl or cyclic N) is 1. The normalized spacial score (nSPS) is 19.8. The summed E-state index contributed by atoms with van der Waals surface area (Å²) in [6, 6.07) is 8.19. The van der Waals surface area contributed by atoms with Gasteiger partial charge in [0, 0.05) is 30.4 Å². The van der Waals surface area contributed by atoms with E-state index in [9.17, 15) is 18.7 Å². The molecule has 2 N–H and O–H groups in total. The van der Waals surface area contributed by atoms with Gasteiger partial charge in [-0.15, -0.1) is 0 Å². The fourth-order valence-corrected chi connectivity index (χ4v) is 3.42. The van der Waals surface area contributed by atoms with Gasteiger partial charge in [-0.2, -0.15) is 0 Å². The second kappa shape index (κ2) is 8.56. The van der Waals surface area contributed by atoms with Crippen LogP contribution < -0.4 is 15.0 Å². The maximum absolute atomic E-state index is 13.4. The summed E-state index contributed by atoms with van der Waals surface area (Å²) in [6.45, 7) is 3.31. The van der Waals surface area contributed by atoms with Gasteiger partial charge in [-0.25, -0.2) is 8.78 Å². The monoisotopic (exact) mass is 390 g/mol. The highest BCUT2D eigenvalue weighted by Gasteiger charge is 2.24. The summed E-state index contributed by atoms with van der Waals surface area (Å²) in [5, 5.41) is 12.8. The van der Waals surface area contributed by atoms with Crippen molar-refractivity contribution in [2.75, 3.05) is 30.4 Å². The Morgan fingerprint density at radius 3 is 2.64 bits per heavy atom. The molecule has 150 valence electrons. The van der Waals surface area contributed by atoms with Crippen LogP contribution in [0, 0.1) is 17.6 Å². The third-order valence-electron chi connectivity index (χ3n) is 4.92. The number of benzene rings is 2. The van der Waals surface area contributed by atoms with E-state index in [1.54, 1.807) is 25.3 Å². The standard InChI is InChI=1S/C21H24F2N2O3/c1-13-3-6-16(26)12-25(11-13)19-9-14(4-8-20(19)28-2)21(27)24-15-5-7-17(22)18(23)10-15/h4-5,7-10,13,16,26H,3,6,11-12H2,1-2H3,(H,24,27). The minimum atomic E-state index is -1.03. The number of methoxy groups -OCH3 is 1. The topological polar surface area (TPSA) is 61.8 Å². The Kier molecular flexibility index (Phi) is 6.14. The van der Waals surface area contributed by atoms with E-state index in [1.165, 1.54) is 6.07 Å². The maximum Gasteiger partial charge on any atom is 0.255 e. The van der Waals surface area contributed by atoms with Crippen molar-refractivity contribution in [1.82, 2.24) is 0 Å². The maximum atomic E-state index is 13.4. The summed E-state index contributed by atoms with van der Waals surface area (Å²) in [4.78, 5) is 14.6. The summed E-state index contributed by atoms with van der Waals surface area (Å²) < 4.78 is 31.9. The predicted molar refractivity (Wildman–Crippen MR) is 104 cm³/mol. The number of nitrogens with zero attached hydrogens (tertiary/aromatic N) is 1. The summed E-state index contributed by atoms with van der Waals surface area (Å²) in [7, 11) is 1.55. The number of ether oxygens (including phenoxy) is 1. The summed E-state index contributed by atoms with van der Waals surface area (Å²) in [6.07, 6.45) is 1.21. The molecule has 2 aromatic carbocycles. The molecule has 1 saturated heterocycles. The number of rotatable bonds is 4. The molecule has 2 aromatic rings. The van der Waals surface area contributed by atoms with Crippen molar-refractivity contribution in [3.63, 3.8) is 0 Å². The molecular formula is C21H24F2N2O3. The number of nitrogens with one attached hydrogen (secondary N) is 1. The highest BCUT2D eigenvalue weighted by molar-refractivity contribution is 6.05. The molecule has 0 spiro atoms. The van der Waals surface area contributed by atoms with Crippen LogP contribution in [0.15, 0.2) is 36.4 Å². The van der Waals surface area contributed by atoms with Gasteiger partial charge in [0.15, 0.2) is 11.6 Å². The first-order valence-corrected chi connectivity index (χ1v) is 9.25. The van der Waals surface area contributed by atoms with Crippen LogP contribution in [0.25, 0.3) is 0 Å². The smallest absolute Gasteiger partial charge is 0.255 e. The van der Waals surface area contributed by atoms with Gasteiger partial charge in [-0.3, -0.25) is 4.79 Å². The predicted octanol–water partition coefficient (Wildman–Crippen LogP) is 3.82. The number of aliphatic hydroxyl groups is 1. The van der Waals surface area contributed by atoms with Gasteiger partial charge < -0.3 is 20.1 Å². The van der Waals surface area contributed by atoms with Crippen LogP contribution in [0.4, 0.5) is 20.2 Å². The Balaban J connectivity index is 1.87. The van der Waals surface area contributed by atoms with Gasteiger partial charge in [0.2, 0.25) is 0 Å². The van der Waals surface area contributed by atoms with E-state index >= 15 is 0 Å². The van der Waals surface area contributed by atoms with Gasteiger partial charge in [0.25, 0.3) is 5.91 Å². The van der Waals surface area contributed by atoms with Crippen molar-refractivity contribution in [3.8, 4) is 5.75 Å². The first kappa shape index (κ1) is 20.1. The minimum Gasteiger partial charge on any atom is -0.495 e. The molecule has 7 heteroatoms. The summed E-state index contributed by atoms with van der Waals surface area (Å²) in [5.41, 5.74) is 1.24. The van der Waals surface area contributed by atoms with Crippen LogP contribution in [-0.4, -0.2) is 37.3 Å². The van der Waals surface area contributed by atoms with Crippen molar-refractivity contribution in [3.05, 3.63) is 53.6 Å². The number of aliphatic hydroxyl groups excluding tert-OH is 1. The number of anilines is 2. The van der Waals surface area contributed by atoms with Gasteiger partial charge >= 0.3 is 0 Å². The van der Waals surface area contributed by atoms with Gasteiger partial charge in [-0.1, -0.05) is 6.92 Å². The number of hydrogen-bond donors (Lipinski definition) is 2. The SMILES string of the molecule is COc1ccc(C(=O)Nc2ccc(F)c(F)c2)cc1N1CC(C)CCC(O)C1. The molecule has 1 aliphatic rings. The lowest BCUT2D eigenvalue weighted by molar-refractivity contribution is 0.102. The molecule has 3 rings (SSSR count). The fraction of sp³-hybridized carbons (Fsp3) is 0.381. The molecule has 1 amide bonds. The molecule has 0 saturated carbocycles. The zero-order valence-corrected chi connectivity index (χ0v) is 15.9. The molecular weight excluding hydrogens is 366 g/mol. The number of carbonyl (C=O) groups is 1. The molecule has 2 unspecified atom stereocenters. The highest BCUT2D eigenvalue weighted by atomic mass is 19.2. The third kappa shape index (κ3) is 4.59. The molecule has 5 nitrogen and oxygen atoms in total. The van der Waals surface area contributed by atoms with Crippen LogP contribution in [0.5, 0.6) is 5.75 Å². The molecule has 0 radical (unpaired) electrons. The van der Waals surface area contributed by atoms with E-state index in [0.717, 1.165) is 31.5 Å². The van der Waals surface area contributed by atoms with E-state index in [0.29, 0.717) is 29.5 Å². The molecule has 2 atom stereocenters. The first-order valence-electron chi connectivity index (χ1n) is 9.25. The lowest BCUT2D eigenvalue weighted by atomic mass is 10.1. The number of carbonyl (C=O) groups excluding carboxylic acids is 1. The van der Waals surface area contributed by atoms with Crippen molar-refractivity contribution in [1.29, 1.82) is 0 Å². The van der Waals surface area contributed by atoms with Crippen molar-refractivity contribution in [2.24, 2.45) is 5.92 Å². The Labute approximate surface area is 162 Å². The number of halogens is 2. The van der Waals surface area contributed by atoms with E-state index in [2.05, 4.69) is 12.2 Å². The molecule has 28 heavy (non-hydrogen) atoms. The van der Waals surface area contributed by atoms with Crippen LogP contribution in [0.1, 0.15) is 30.1 Å². The summed E-state index contributed by atoms with van der Waals surface area (Å²) in [5.74, 6) is -1.45. The lowest BCUT2D eigenvalue weighted by Gasteiger charge is -2.28. The molecule has 0 bridgehead atoms. The fourth-order valence-electron chi connectivity index (χ4n) is 3.42. The Morgan fingerprint density at radius 1 is 1.14 bits per heavy atom. The van der Waals surface area contributed by atoms with Crippen LogP contribution >= 0.6 is 0 Å². The first-order chi connectivity index (χ1) is 13.4. The number of hydrogen-bond acceptors (Lipinski definition) is 4. The van der Waals surface area contributed by atoms with Crippen molar-refractivity contribution < 1.29 is 23.4 Å². The van der Waals surface area contributed by atoms with E-state index in [1.807, 2.05) is 4.90 Å². The second-order valence-electron chi connectivity index (χ2n) is 7.21. The molecule has 1 heterocycles. The average Bonchev–Trinajstić information content (AvgIpc) is 2.85. The Morgan fingerprint density at radius 2 is 1.93 bits per heavy atom. The molecule has 1 fully saturated rings. The van der Waals surface area contributed by atoms with Gasteiger partial charge in [0.05, 0.1) is 18.9 Å². The molecule has 0 aromatic heterocycles. The lowest BCUT2D eigenvalue weighted by Crippen LogP contribution is -2.32. The van der Waals surface area contributed by atoms with Crippen LogP contribution in [-0.2, 0) is 0 Å². The minimum absolute atomic E-state index is 0.167. The van der Waals surface area contributed by atoms with E-state index < -0.39 is 23.6 Å². The van der Waals surface area contributed by atoms with Crippen LogP contribution in [0.2, 0.25) is 0 Å². The zero-order chi connectivity index (χ0) is 20.3. The highest BCUT2D eigenvalue weighted by Crippen LogP contribution is 2.32. The Bertz CT molecular complexity index is 848. The quantitative estimate of drug-likeness (QED) is 0.833. The largest absolute Gasteiger partial charge is 0.495 e. The summed E-state index contributed by atoms with van der Waals surface area (Å²) >= 11 is 0. The Hall–Kier alpha value is -2.67. The van der Waals surface area contributed by atoms with Crippen molar-refractivity contribution in [2.45, 2.75) is 25.9 Å². The van der Waals surface area contributed by atoms with Gasteiger partial charge in [0.1, 0.15) is 5.75 Å². The van der Waals surface area contributed by atoms with Gasteiger partial charge in [-0.05, 0) is 49.1 Å². The molecule has 1 aliphatic heterocycles. The van der Waals surface area contributed by atoms with Crippen molar-refractivity contribution >= 4 is 17.3 Å².